The molecule has 1 aliphatic carbocycles. The van der Waals surface area contributed by atoms with Crippen molar-refractivity contribution in [1.29, 1.82) is 0 Å². The summed E-state index contributed by atoms with van der Waals surface area (Å²) in [5.41, 5.74) is 1.88. The lowest BCUT2D eigenvalue weighted by molar-refractivity contribution is -0.122. The van der Waals surface area contributed by atoms with Gasteiger partial charge in [-0.25, -0.2) is 0 Å². The number of carbonyl (C=O) groups is 2. The predicted octanol–water partition coefficient (Wildman–Crippen LogP) is 2.86. The van der Waals surface area contributed by atoms with Gasteiger partial charge in [-0.05, 0) is 52.9 Å². The van der Waals surface area contributed by atoms with Crippen molar-refractivity contribution in [3.63, 3.8) is 0 Å². The largest absolute Gasteiger partial charge is 0.355 e. The Hall–Kier alpha value is -1.36. The van der Waals surface area contributed by atoms with Crippen LogP contribution in [0.5, 0.6) is 0 Å². The molecule has 1 saturated carbocycles. The third-order valence-corrected chi connectivity index (χ3v) is 4.15. The highest BCUT2D eigenvalue weighted by molar-refractivity contribution is 9.10. The number of halogens is 1. The summed E-state index contributed by atoms with van der Waals surface area (Å²) in [4.78, 5) is 23.4. The number of aryl methyl sites for hydroxylation is 1. The highest BCUT2D eigenvalue weighted by atomic mass is 79.9. The van der Waals surface area contributed by atoms with Crippen molar-refractivity contribution in [3.8, 4) is 0 Å². The van der Waals surface area contributed by atoms with Crippen LogP contribution in [0.15, 0.2) is 22.7 Å². The first-order valence-electron chi connectivity index (χ1n) is 6.81. The van der Waals surface area contributed by atoms with Gasteiger partial charge in [-0.1, -0.05) is 13.0 Å². The minimum absolute atomic E-state index is 0.0711. The Bertz CT molecular complexity index is 531. The van der Waals surface area contributed by atoms with Crippen molar-refractivity contribution < 1.29 is 9.59 Å². The van der Waals surface area contributed by atoms with Gasteiger partial charge < -0.3 is 10.6 Å². The van der Waals surface area contributed by atoms with E-state index in [0.29, 0.717) is 12.5 Å². The van der Waals surface area contributed by atoms with E-state index in [1.54, 1.807) is 0 Å². The van der Waals surface area contributed by atoms with Gasteiger partial charge in [0.2, 0.25) is 11.8 Å². The van der Waals surface area contributed by atoms with Crippen LogP contribution >= 0.6 is 15.9 Å². The predicted molar refractivity (Wildman–Crippen MR) is 82.4 cm³/mol. The maximum absolute atomic E-state index is 11.8. The van der Waals surface area contributed by atoms with Gasteiger partial charge in [0.15, 0.2) is 0 Å². The molecule has 0 unspecified atom stereocenters. The summed E-state index contributed by atoms with van der Waals surface area (Å²) in [6.07, 6.45) is 1.25. The van der Waals surface area contributed by atoms with E-state index in [4.69, 9.17) is 0 Å². The molecule has 0 bridgehead atoms. The minimum Gasteiger partial charge on any atom is -0.355 e. The van der Waals surface area contributed by atoms with Crippen LogP contribution in [0.4, 0.5) is 5.69 Å². The summed E-state index contributed by atoms with van der Waals surface area (Å²) in [7, 11) is 0. The molecule has 1 aromatic carbocycles. The van der Waals surface area contributed by atoms with Crippen LogP contribution < -0.4 is 10.6 Å². The Morgan fingerprint density at radius 3 is 2.70 bits per heavy atom. The van der Waals surface area contributed by atoms with Crippen LogP contribution in [-0.4, -0.2) is 18.4 Å². The number of anilines is 1. The van der Waals surface area contributed by atoms with Gasteiger partial charge in [-0.15, -0.1) is 0 Å². The van der Waals surface area contributed by atoms with E-state index in [-0.39, 0.29) is 24.2 Å². The van der Waals surface area contributed by atoms with E-state index < -0.39 is 0 Å². The normalized spacial score (nSPS) is 20.4. The number of carbonyl (C=O) groups excluding carboxylic acids is 2. The van der Waals surface area contributed by atoms with E-state index in [1.165, 1.54) is 0 Å². The van der Waals surface area contributed by atoms with Crippen LogP contribution in [-0.2, 0) is 9.59 Å². The van der Waals surface area contributed by atoms with Crippen molar-refractivity contribution in [1.82, 2.24) is 5.32 Å². The number of hydrogen-bond acceptors (Lipinski definition) is 2. The lowest BCUT2D eigenvalue weighted by atomic mass is 10.2. The second-order valence-electron chi connectivity index (χ2n) is 5.39. The van der Waals surface area contributed by atoms with Crippen LogP contribution in [0.25, 0.3) is 0 Å². The number of amides is 2. The molecule has 0 spiro atoms. The smallest absolute Gasteiger partial charge is 0.226 e. The number of hydrogen-bond donors (Lipinski definition) is 2. The van der Waals surface area contributed by atoms with Gasteiger partial charge in [-0.3, -0.25) is 9.59 Å². The van der Waals surface area contributed by atoms with E-state index >= 15 is 0 Å². The van der Waals surface area contributed by atoms with E-state index in [9.17, 15) is 9.59 Å². The summed E-state index contributed by atoms with van der Waals surface area (Å²) < 4.78 is 0.863. The van der Waals surface area contributed by atoms with Crippen LogP contribution in [0.2, 0.25) is 0 Å². The Labute approximate surface area is 127 Å². The van der Waals surface area contributed by atoms with Gasteiger partial charge in [0.25, 0.3) is 0 Å². The summed E-state index contributed by atoms with van der Waals surface area (Å²) >= 11 is 3.42. The summed E-state index contributed by atoms with van der Waals surface area (Å²) in [5.74, 6) is 0.622. The summed E-state index contributed by atoms with van der Waals surface area (Å²) in [6.45, 7) is 4.44. The van der Waals surface area contributed by atoms with Crippen LogP contribution in [0, 0.1) is 18.8 Å². The highest BCUT2D eigenvalue weighted by Gasteiger charge is 2.38. The average Bonchev–Trinajstić information content (AvgIpc) is 3.10. The first-order valence-corrected chi connectivity index (χ1v) is 7.60. The molecule has 1 fully saturated rings. The van der Waals surface area contributed by atoms with Crippen molar-refractivity contribution in [2.24, 2.45) is 11.8 Å². The molecule has 2 N–H and O–H groups in total. The van der Waals surface area contributed by atoms with Crippen molar-refractivity contribution in [2.75, 3.05) is 11.9 Å². The Balaban J connectivity index is 1.73. The highest BCUT2D eigenvalue weighted by Crippen LogP contribution is 2.37. The Kier molecular flexibility index (Phi) is 4.81. The number of benzene rings is 1. The fourth-order valence-corrected chi connectivity index (χ4v) is 2.64. The first-order chi connectivity index (χ1) is 9.47. The molecular weight excluding hydrogens is 320 g/mol. The van der Waals surface area contributed by atoms with Gasteiger partial charge in [-0.2, -0.15) is 0 Å². The first kappa shape index (κ1) is 15.0. The maximum Gasteiger partial charge on any atom is 0.226 e. The molecule has 5 heteroatoms. The van der Waals surface area contributed by atoms with Gasteiger partial charge >= 0.3 is 0 Å². The maximum atomic E-state index is 11.8. The molecule has 2 rings (SSSR count). The van der Waals surface area contributed by atoms with Crippen molar-refractivity contribution in [2.45, 2.75) is 26.7 Å². The molecule has 20 heavy (non-hydrogen) atoms. The lowest BCUT2D eigenvalue weighted by Gasteiger charge is -2.08. The fourth-order valence-electron chi connectivity index (χ4n) is 2.05. The molecule has 4 nitrogen and oxygen atoms in total. The molecule has 1 aliphatic rings. The molecule has 2 amide bonds. The van der Waals surface area contributed by atoms with Crippen molar-refractivity contribution in [3.05, 3.63) is 28.2 Å². The third kappa shape index (κ3) is 4.07. The zero-order valence-electron chi connectivity index (χ0n) is 11.7. The molecule has 0 aliphatic heterocycles. The summed E-state index contributed by atoms with van der Waals surface area (Å²) in [5, 5.41) is 5.63. The second-order valence-corrected chi connectivity index (χ2v) is 6.25. The number of nitrogens with one attached hydrogen (secondary N) is 2. The zero-order chi connectivity index (χ0) is 14.7. The quantitative estimate of drug-likeness (QED) is 0.867. The van der Waals surface area contributed by atoms with Gasteiger partial charge in [0.1, 0.15) is 0 Å². The van der Waals surface area contributed by atoms with Crippen molar-refractivity contribution >= 4 is 33.4 Å². The Morgan fingerprint density at radius 1 is 1.40 bits per heavy atom. The average molecular weight is 339 g/mol. The van der Waals surface area contributed by atoms with E-state index in [2.05, 4.69) is 33.5 Å². The third-order valence-electron chi connectivity index (χ3n) is 3.50. The molecule has 0 heterocycles. The van der Waals surface area contributed by atoms with Gasteiger partial charge in [0.05, 0.1) is 5.69 Å². The van der Waals surface area contributed by atoms with E-state index in [1.807, 2.05) is 25.1 Å². The SMILES string of the molecule is Cc1ccc(NC(=O)CCNC(=O)[C@@H]2C[C@H]2C)c(Br)c1. The molecule has 2 atom stereocenters. The Morgan fingerprint density at radius 2 is 2.10 bits per heavy atom. The molecular formula is C15H19BrN2O2. The number of rotatable bonds is 5. The molecule has 108 valence electrons. The monoisotopic (exact) mass is 338 g/mol. The molecule has 0 aromatic heterocycles. The minimum atomic E-state index is -0.0984. The zero-order valence-corrected chi connectivity index (χ0v) is 13.3. The lowest BCUT2D eigenvalue weighted by Crippen LogP contribution is -2.29. The van der Waals surface area contributed by atoms with E-state index in [0.717, 1.165) is 22.1 Å². The fraction of sp³-hybridized carbons (Fsp3) is 0.467. The molecule has 1 aromatic rings. The van der Waals surface area contributed by atoms with Gasteiger partial charge in [0, 0.05) is 23.4 Å². The van der Waals surface area contributed by atoms with Crippen LogP contribution in [0.1, 0.15) is 25.3 Å². The summed E-state index contributed by atoms with van der Waals surface area (Å²) in [6, 6.07) is 5.75. The van der Waals surface area contributed by atoms with Crippen LogP contribution in [0.3, 0.4) is 0 Å². The standard InChI is InChI=1S/C15H19BrN2O2/c1-9-3-4-13(12(16)7-9)18-14(19)5-6-17-15(20)11-8-10(11)2/h3-4,7,10-11H,5-6,8H2,1-2H3,(H,17,20)(H,18,19)/t10-,11-/m1/s1. The topological polar surface area (TPSA) is 58.2 Å². The second kappa shape index (κ2) is 6.39. The molecule has 0 saturated heterocycles. The molecule has 0 radical (unpaired) electrons.